The predicted octanol–water partition coefficient (Wildman–Crippen LogP) is 2.69. The minimum atomic E-state index is -3.64. The van der Waals surface area contributed by atoms with Crippen LogP contribution in [-0.4, -0.2) is 13.4 Å². The first-order valence-corrected chi connectivity index (χ1v) is 8.55. The lowest BCUT2D eigenvalue weighted by Gasteiger charge is -2.07. The summed E-state index contributed by atoms with van der Waals surface area (Å²) < 4.78 is 32.2. The van der Waals surface area contributed by atoms with Crippen LogP contribution in [0.15, 0.2) is 70.3 Å². The molecule has 2 heterocycles. The minimum Gasteiger partial charge on any atom is -0.463 e. The molecular weight excluding hydrogens is 326 g/mol. The Labute approximate surface area is 139 Å². The fourth-order valence-electron chi connectivity index (χ4n) is 2.07. The third-order valence-electron chi connectivity index (χ3n) is 3.36. The van der Waals surface area contributed by atoms with Gasteiger partial charge < -0.3 is 4.42 Å². The van der Waals surface area contributed by atoms with Crippen molar-refractivity contribution in [2.45, 2.75) is 11.4 Å². The van der Waals surface area contributed by atoms with Gasteiger partial charge in [0.25, 0.3) is 0 Å². The van der Waals surface area contributed by atoms with Crippen molar-refractivity contribution in [2.75, 3.05) is 0 Å². The van der Waals surface area contributed by atoms with Crippen LogP contribution in [0.25, 0.3) is 11.5 Å². The summed E-state index contributed by atoms with van der Waals surface area (Å²) in [4.78, 5) is 4.37. The molecule has 120 valence electrons. The Morgan fingerprint density at radius 2 is 1.92 bits per heavy atom. The van der Waals surface area contributed by atoms with Gasteiger partial charge in [-0.2, -0.15) is 5.26 Å². The van der Waals surface area contributed by atoms with Gasteiger partial charge in [-0.1, -0.05) is 6.07 Å². The fraction of sp³-hybridized carbons (Fsp3) is 0.0588. The third kappa shape index (κ3) is 3.51. The number of hydrogen-bond acceptors (Lipinski definition) is 5. The molecule has 0 atom stereocenters. The molecular formula is C17H13N3O3S. The van der Waals surface area contributed by atoms with Gasteiger partial charge in [0.1, 0.15) is 5.69 Å². The van der Waals surface area contributed by atoms with Crippen LogP contribution in [0, 0.1) is 11.3 Å². The van der Waals surface area contributed by atoms with E-state index in [-0.39, 0.29) is 11.4 Å². The summed E-state index contributed by atoms with van der Waals surface area (Å²) in [5, 5.41) is 8.75. The van der Waals surface area contributed by atoms with Gasteiger partial charge in [0.2, 0.25) is 10.0 Å². The van der Waals surface area contributed by atoms with E-state index in [4.69, 9.17) is 9.68 Å². The first-order chi connectivity index (χ1) is 11.6. The lowest BCUT2D eigenvalue weighted by molar-refractivity contribution is 0.578. The molecule has 0 radical (unpaired) electrons. The van der Waals surface area contributed by atoms with Crippen molar-refractivity contribution in [3.8, 4) is 17.5 Å². The molecule has 0 amide bonds. The highest BCUT2D eigenvalue weighted by atomic mass is 32.2. The van der Waals surface area contributed by atoms with E-state index in [0.29, 0.717) is 17.0 Å². The van der Waals surface area contributed by atoms with Crippen molar-refractivity contribution in [1.29, 1.82) is 5.26 Å². The van der Waals surface area contributed by atoms with Gasteiger partial charge in [-0.25, -0.2) is 13.1 Å². The number of nitrogens with one attached hydrogen (secondary N) is 1. The standard InChI is InChI=1S/C17H13N3O3S/c18-10-13-3-6-15(7-4-13)24(21,22)20-12-14-5-8-16(19-11-14)17-2-1-9-23-17/h1-9,11,20H,12H2. The maximum Gasteiger partial charge on any atom is 0.240 e. The van der Waals surface area contributed by atoms with Gasteiger partial charge in [-0.3, -0.25) is 4.98 Å². The van der Waals surface area contributed by atoms with Crippen molar-refractivity contribution in [1.82, 2.24) is 9.71 Å². The van der Waals surface area contributed by atoms with Crippen molar-refractivity contribution in [3.63, 3.8) is 0 Å². The van der Waals surface area contributed by atoms with E-state index in [1.54, 1.807) is 36.7 Å². The zero-order chi connectivity index (χ0) is 17.0. The summed E-state index contributed by atoms with van der Waals surface area (Å²) in [5.41, 5.74) is 1.81. The molecule has 0 aliphatic carbocycles. The van der Waals surface area contributed by atoms with Gasteiger partial charge in [0.15, 0.2) is 5.76 Å². The number of nitrogens with zero attached hydrogens (tertiary/aromatic N) is 2. The highest BCUT2D eigenvalue weighted by Gasteiger charge is 2.13. The Morgan fingerprint density at radius 1 is 1.12 bits per heavy atom. The number of benzene rings is 1. The quantitative estimate of drug-likeness (QED) is 0.771. The summed E-state index contributed by atoms with van der Waals surface area (Å²) >= 11 is 0. The Hall–Kier alpha value is -2.95. The van der Waals surface area contributed by atoms with Crippen molar-refractivity contribution >= 4 is 10.0 Å². The highest BCUT2D eigenvalue weighted by Crippen LogP contribution is 2.17. The van der Waals surface area contributed by atoms with Crippen molar-refractivity contribution < 1.29 is 12.8 Å². The first-order valence-electron chi connectivity index (χ1n) is 7.07. The molecule has 0 aliphatic heterocycles. The Balaban J connectivity index is 1.69. The number of aromatic nitrogens is 1. The second kappa shape index (κ2) is 6.66. The average Bonchev–Trinajstić information content (AvgIpc) is 3.15. The van der Waals surface area contributed by atoms with Gasteiger partial charge in [-0.05, 0) is 48.0 Å². The Kier molecular flexibility index (Phi) is 4.42. The number of hydrogen-bond donors (Lipinski definition) is 1. The van der Waals surface area contributed by atoms with Crippen LogP contribution in [0.1, 0.15) is 11.1 Å². The summed E-state index contributed by atoms with van der Waals surface area (Å²) in [6, 6.07) is 14.8. The fourth-order valence-corrected chi connectivity index (χ4v) is 3.09. The number of pyridine rings is 1. The molecule has 2 aromatic heterocycles. The van der Waals surface area contributed by atoms with Crippen LogP contribution in [0.3, 0.4) is 0 Å². The topological polar surface area (TPSA) is 96.0 Å². The Morgan fingerprint density at radius 3 is 2.50 bits per heavy atom. The monoisotopic (exact) mass is 339 g/mol. The molecule has 6 nitrogen and oxygen atoms in total. The maximum atomic E-state index is 12.2. The van der Waals surface area contributed by atoms with Crippen molar-refractivity contribution in [2.24, 2.45) is 0 Å². The van der Waals surface area contributed by atoms with E-state index in [2.05, 4.69) is 9.71 Å². The number of sulfonamides is 1. The zero-order valence-electron chi connectivity index (χ0n) is 12.5. The van der Waals surface area contributed by atoms with Crippen LogP contribution < -0.4 is 4.72 Å². The van der Waals surface area contributed by atoms with E-state index in [0.717, 1.165) is 5.56 Å². The molecule has 0 fully saturated rings. The molecule has 3 rings (SSSR count). The molecule has 3 aromatic rings. The molecule has 0 spiro atoms. The Bertz CT molecular complexity index is 955. The van der Waals surface area contributed by atoms with E-state index in [9.17, 15) is 8.42 Å². The first kappa shape index (κ1) is 15.9. The molecule has 0 aliphatic rings. The number of nitriles is 1. The number of furan rings is 1. The number of rotatable bonds is 5. The molecule has 7 heteroatoms. The van der Waals surface area contributed by atoms with Gasteiger partial charge >= 0.3 is 0 Å². The molecule has 0 saturated heterocycles. The zero-order valence-corrected chi connectivity index (χ0v) is 13.3. The SMILES string of the molecule is N#Cc1ccc(S(=O)(=O)NCc2ccc(-c3ccco3)nc2)cc1. The van der Waals surface area contributed by atoms with Crippen LogP contribution in [0.2, 0.25) is 0 Å². The predicted molar refractivity (Wildman–Crippen MR) is 87.1 cm³/mol. The van der Waals surface area contributed by atoms with Crippen LogP contribution >= 0.6 is 0 Å². The second-order valence-corrected chi connectivity index (χ2v) is 6.76. The lowest BCUT2D eigenvalue weighted by Crippen LogP contribution is -2.23. The maximum absolute atomic E-state index is 12.2. The summed E-state index contributed by atoms with van der Waals surface area (Å²) in [5.74, 6) is 0.653. The largest absolute Gasteiger partial charge is 0.463 e. The van der Waals surface area contributed by atoms with E-state index >= 15 is 0 Å². The molecule has 0 bridgehead atoms. The van der Waals surface area contributed by atoms with Gasteiger partial charge in [0.05, 0.1) is 22.8 Å². The smallest absolute Gasteiger partial charge is 0.240 e. The summed E-state index contributed by atoms with van der Waals surface area (Å²) in [7, 11) is -3.64. The minimum absolute atomic E-state index is 0.113. The van der Waals surface area contributed by atoms with Crippen LogP contribution in [0.5, 0.6) is 0 Å². The van der Waals surface area contributed by atoms with Crippen LogP contribution in [-0.2, 0) is 16.6 Å². The molecule has 0 unspecified atom stereocenters. The third-order valence-corrected chi connectivity index (χ3v) is 4.78. The molecule has 1 aromatic carbocycles. The van der Waals surface area contributed by atoms with E-state index < -0.39 is 10.0 Å². The van der Waals surface area contributed by atoms with Crippen molar-refractivity contribution in [3.05, 3.63) is 72.1 Å². The van der Waals surface area contributed by atoms with Gasteiger partial charge in [0, 0.05) is 12.7 Å². The molecule has 1 N–H and O–H groups in total. The normalized spacial score (nSPS) is 11.1. The van der Waals surface area contributed by atoms with E-state index in [1.165, 1.54) is 24.3 Å². The summed E-state index contributed by atoms with van der Waals surface area (Å²) in [6.45, 7) is 0.119. The lowest BCUT2D eigenvalue weighted by atomic mass is 10.2. The average molecular weight is 339 g/mol. The van der Waals surface area contributed by atoms with Gasteiger partial charge in [-0.15, -0.1) is 0 Å². The molecule has 0 saturated carbocycles. The second-order valence-electron chi connectivity index (χ2n) is 4.99. The van der Waals surface area contributed by atoms with Crippen LogP contribution in [0.4, 0.5) is 0 Å². The summed E-state index contributed by atoms with van der Waals surface area (Å²) in [6.07, 6.45) is 3.16. The van der Waals surface area contributed by atoms with E-state index in [1.807, 2.05) is 6.07 Å². The molecule has 24 heavy (non-hydrogen) atoms. The highest BCUT2D eigenvalue weighted by molar-refractivity contribution is 7.89.